The Morgan fingerprint density at radius 1 is 1.08 bits per heavy atom. The maximum Gasteiger partial charge on any atom is 0.344 e. The summed E-state index contributed by atoms with van der Waals surface area (Å²) in [6.07, 6.45) is -2.82. The van der Waals surface area contributed by atoms with Crippen molar-refractivity contribution in [1.29, 1.82) is 0 Å². The zero-order valence-electron chi connectivity index (χ0n) is 12.8. The van der Waals surface area contributed by atoms with Crippen LogP contribution in [0.2, 0.25) is 0 Å². The van der Waals surface area contributed by atoms with Crippen LogP contribution in [0.5, 0.6) is 0 Å². The van der Waals surface area contributed by atoms with E-state index in [4.69, 9.17) is 4.42 Å². The Hall–Kier alpha value is -3.09. The van der Waals surface area contributed by atoms with Crippen molar-refractivity contribution in [3.63, 3.8) is 0 Å². The molecule has 1 heterocycles. The zero-order valence-corrected chi connectivity index (χ0v) is 12.8. The van der Waals surface area contributed by atoms with Gasteiger partial charge in [0.25, 0.3) is 12.3 Å². The van der Waals surface area contributed by atoms with Crippen LogP contribution in [0.1, 0.15) is 10.6 Å². The van der Waals surface area contributed by atoms with E-state index in [-0.39, 0.29) is 16.8 Å². The van der Waals surface area contributed by atoms with Crippen LogP contribution in [0.15, 0.2) is 63.8 Å². The number of halogens is 3. The lowest BCUT2D eigenvalue weighted by Crippen LogP contribution is -2.35. The van der Waals surface area contributed by atoms with Crippen LogP contribution in [0.4, 0.5) is 18.9 Å². The number of carbonyl (C=O) groups excluding carboxylic acids is 1. The Morgan fingerprint density at radius 2 is 1.76 bits per heavy atom. The van der Waals surface area contributed by atoms with E-state index in [1.165, 1.54) is 24.3 Å². The highest BCUT2D eigenvalue weighted by Gasteiger charge is 2.24. The Morgan fingerprint density at radius 3 is 2.44 bits per heavy atom. The number of rotatable bonds is 4. The minimum Gasteiger partial charge on any atom is -0.417 e. The molecule has 0 bridgehead atoms. The maximum absolute atomic E-state index is 13.1. The van der Waals surface area contributed by atoms with Crippen LogP contribution in [0.25, 0.3) is 10.8 Å². The van der Waals surface area contributed by atoms with Crippen LogP contribution >= 0.6 is 0 Å². The van der Waals surface area contributed by atoms with Crippen LogP contribution in [0, 0.1) is 5.82 Å². The third kappa shape index (κ3) is 3.55. The Kier molecular flexibility index (Phi) is 4.56. The number of anilines is 1. The Bertz CT molecular complexity index is 967. The highest BCUT2D eigenvalue weighted by molar-refractivity contribution is 6.05. The van der Waals surface area contributed by atoms with E-state index >= 15 is 0 Å². The first kappa shape index (κ1) is 16.8. The van der Waals surface area contributed by atoms with Crippen molar-refractivity contribution in [3.05, 3.63) is 76.6 Å². The summed E-state index contributed by atoms with van der Waals surface area (Å²) in [5.74, 6) is -1.84. The number of alkyl halides is 2. The van der Waals surface area contributed by atoms with E-state index in [0.29, 0.717) is 5.39 Å². The maximum atomic E-state index is 13.1. The highest BCUT2D eigenvalue weighted by Crippen LogP contribution is 2.20. The second-order valence-corrected chi connectivity index (χ2v) is 5.27. The van der Waals surface area contributed by atoms with Gasteiger partial charge in [0.05, 0.1) is 11.9 Å². The SMILES string of the molecule is O=C(c1cc2ccccc2c(=O)o1)N(CC(F)F)c1ccc(F)cc1. The second kappa shape index (κ2) is 6.80. The van der Waals surface area contributed by atoms with Gasteiger partial charge < -0.3 is 4.42 Å². The highest BCUT2D eigenvalue weighted by atomic mass is 19.3. The molecular weight excluding hydrogens is 335 g/mol. The topological polar surface area (TPSA) is 50.5 Å². The standard InChI is InChI=1S/C18H12F3NO3/c19-12-5-7-13(8-6-12)22(10-16(20)21)17(23)15-9-11-3-1-2-4-14(11)18(24)25-15/h1-9,16H,10H2. The summed E-state index contributed by atoms with van der Waals surface area (Å²) in [4.78, 5) is 25.4. The zero-order chi connectivity index (χ0) is 18.0. The van der Waals surface area contributed by atoms with Crippen LogP contribution in [0.3, 0.4) is 0 Å². The first-order valence-corrected chi connectivity index (χ1v) is 7.34. The summed E-state index contributed by atoms with van der Waals surface area (Å²) in [6, 6.07) is 12.3. The van der Waals surface area contributed by atoms with Crippen molar-refractivity contribution in [2.75, 3.05) is 11.4 Å². The molecule has 7 heteroatoms. The molecule has 0 saturated heterocycles. The van der Waals surface area contributed by atoms with Gasteiger partial charge in [0.1, 0.15) is 5.82 Å². The predicted molar refractivity (Wildman–Crippen MR) is 86.6 cm³/mol. The molecule has 4 nitrogen and oxygen atoms in total. The average Bonchev–Trinajstić information content (AvgIpc) is 2.60. The van der Waals surface area contributed by atoms with Gasteiger partial charge >= 0.3 is 5.63 Å². The minimum absolute atomic E-state index is 0.0718. The largest absolute Gasteiger partial charge is 0.417 e. The molecule has 0 spiro atoms. The van der Waals surface area contributed by atoms with Gasteiger partial charge in [-0.2, -0.15) is 0 Å². The van der Waals surface area contributed by atoms with E-state index in [1.54, 1.807) is 18.2 Å². The monoisotopic (exact) mass is 347 g/mol. The van der Waals surface area contributed by atoms with Gasteiger partial charge in [0.15, 0.2) is 5.76 Å². The molecule has 3 aromatic rings. The minimum atomic E-state index is -2.82. The summed E-state index contributed by atoms with van der Waals surface area (Å²) in [5, 5.41) is 0.736. The smallest absolute Gasteiger partial charge is 0.344 e. The van der Waals surface area contributed by atoms with Gasteiger partial charge in [-0.05, 0) is 41.8 Å². The summed E-state index contributed by atoms with van der Waals surface area (Å²) in [6.45, 7) is -0.916. The fourth-order valence-corrected chi connectivity index (χ4v) is 2.44. The number of carbonyl (C=O) groups is 1. The lowest BCUT2D eigenvalue weighted by molar-refractivity contribution is 0.0916. The molecule has 0 aliphatic rings. The van der Waals surface area contributed by atoms with Gasteiger partial charge in [-0.1, -0.05) is 18.2 Å². The Balaban J connectivity index is 2.05. The van der Waals surface area contributed by atoms with Crippen molar-refractivity contribution < 1.29 is 22.4 Å². The molecule has 0 atom stereocenters. The van der Waals surface area contributed by atoms with Crippen LogP contribution < -0.4 is 10.5 Å². The van der Waals surface area contributed by atoms with Gasteiger partial charge in [0, 0.05) is 5.69 Å². The molecule has 25 heavy (non-hydrogen) atoms. The van der Waals surface area contributed by atoms with Crippen molar-refractivity contribution in [2.24, 2.45) is 0 Å². The van der Waals surface area contributed by atoms with Gasteiger partial charge in [-0.15, -0.1) is 0 Å². The molecule has 0 fully saturated rings. The first-order valence-electron chi connectivity index (χ1n) is 7.34. The Labute approximate surface area is 140 Å². The second-order valence-electron chi connectivity index (χ2n) is 5.27. The number of benzene rings is 2. The molecule has 1 amide bonds. The van der Waals surface area contributed by atoms with E-state index in [0.717, 1.165) is 17.0 Å². The van der Waals surface area contributed by atoms with E-state index in [1.807, 2.05) is 0 Å². The number of nitrogens with zero attached hydrogens (tertiary/aromatic N) is 1. The summed E-state index contributed by atoms with van der Waals surface area (Å²) < 4.78 is 43.8. The van der Waals surface area contributed by atoms with Crippen molar-refractivity contribution in [3.8, 4) is 0 Å². The molecule has 0 aliphatic carbocycles. The molecule has 0 unspecified atom stereocenters. The molecular formula is C18H12F3NO3. The fraction of sp³-hybridized carbons (Fsp3) is 0.111. The van der Waals surface area contributed by atoms with Gasteiger partial charge in [-0.25, -0.2) is 18.0 Å². The van der Waals surface area contributed by atoms with Crippen LogP contribution in [-0.2, 0) is 0 Å². The van der Waals surface area contributed by atoms with E-state index in [9.17, 15) is 22.8 Å². The van der Waals surface area contributed by atoms with Gasteiger partial charge in [-0.3, -0.25) is 9.69 Å². The average molecular weight is 347 g/mol. The fourth-order valence-electron chi connectivity index (χ4n) is 2.44. The normalized spacial score (nSPS) is 11.0. The number of hydrogen-bond donors (Lipinski definition) is 0. The molecule has 128 valence electrons. The quantitative estimate of drug-likeness (QED) is 0.720. The molecule has 3 rings (SSSR count). The summed E-state index contributed by atoms with van der Waals surface area (Å²) in [5.41, 5.74) is -0.667. The van der Waals surface area contributed by atoms with Gasteiger partial charge in [0.2, 0.25) is 0 Å². The number of fused-ring (bicyclic) bond motifs is 1. The van der Waals surface area contributed by atoms with Crippen molar-refractivity contribution >= 4 is 22.4 Å². The van der Waals surface area contributed by atoms with E-state index in [2.05, 4.69) is 0 Å². The van der Waals surface area contributed by atoms with Crippen LogP contribution in [-0.4, -0.2) is 18.9 Å². The van der Waals surface area contributed by atoms with Crippen molar-refractivity contribution in [1.82, 2.24) is 0 Å². The molecule has 0 aliphatic heterocycles. The summed E-state index contributed by atoms with van der Waals surface area (Å²) in [7, 11) is 0. The molecule has 0 N–H and O–H groups in total. The third-order valence-electron chi connectivity index (χ3n) is 3.58. The lowest BCUT2D eigenvalue weighted by atomic mass is 10.1. The molecule has 0 radical (unpaired) electrons. The first-order chi connectivity index (χ1) is 12.0. The van der Waals surface area contributed by atoms with Crippen molar-refractivity contribution in [2.45, 2.75) is 6.43 Å². The predicted octanol–water partition coefficient (Wildman–Crippen LogP) is 3.84. The van der Waals surface area contributed by atoms with E-state index < -0.39 is 30.3 Å². The molecule has 0 saturated carbocycles. The lowest BCUT2D eigenvalue weighted by Gasteiger charge is -2.21. The number of hydrogen-bond acceptors (Lipinski definition) is 3. The summed E-state index contributed by atoms with van der Waals surface area (Å²) >= 11 is 0. The number of amides is 1. The molecule has 2 aromatic carbocycles. The molecule has 1 aromatic heterocycles. The third-order valence-corrected chi connectivity index (χ3v) is 3.58.